The summed E-state index contributed by atoms with van der Waals surface area (Å²) in [5.74, 6) is 0. The molecule has 1 aliphatic rings. The molecule has 0 spiro atoms. The summed E-state index contributed by atoms with van der Waals surface area (Å²) in [7, 11) is 0. The van der Waals surface area contributed by atoms with Crippen LogP contribution in [0, 0.1) is 0 Å². The molecule has 0 saturated heterocycles. The SMILES string of the molecule is CC(O)(Cc1ccccc1)c1ccc2c(c1)CCCC2. The van der Waals surface area contributed by atoms with E-state index in [1.165, 1.54) is 36.0 Å². The summed E-state index contributed by atoms with van der Waals surface area (Å²) < 4.78 is 0. The van der Waals surface area contributed by atoms with Gasteiger partial charge in [-0.05, 0) is 54.9 Å². The molecule has 20 heavy (non-hydrogen) atoms. The molecule has 0 bridgehead atoms. The van der Waals surface area contributed by atoms with Gasteiger partial charge in [-0.3, -0.25) is 0 Å². The Morgan fingerprint density at radius 1 is 0.950 bits per heavy atom. The van der Waals surface area contributed by atoms with Crippen molar-refractivity contribution in [2.24, 2.45) is 0 Å². The third-order valence-electron chi connectivity index (χ3n) is 4.36. The Kier molecular flexibility index (Phi) is 3.62. The topological polar surface area (TPSA) is 20.2 Å². The lowest BCUT2D eigenvalue weighted by molar-refractivity contribution is 0.0575. The highest BCUT2D eigenvalue weighted by molar-refractivity contribution is 5.37. The van der Waals surface area contributed by atoms with Crippen LogP contribution in [0.15, 0.2) is 48.5 Å². The molecule has 1 N–H and O–H groups in total. The van der Waals surface area contributed by atoms with Crippen molar-refractivity contribution in [3.63, 3.8) is 0 Å². The number of fused-ring (bicyclic) bond motifs is 1. The average Bonchev–Trinajstić information content (AvgIpc) is 2.47. The quantitative estimate of drug-likeness (QED) is 0.889. The molecule has 1 nitrogen and oxygen atoms in total. The van der Waals surface area contributed by atoms with E-state index in [9.17, 15) is 5.11 Å². The van der Waals surface area contributed by atoms with E-state index < -0.39 is 5.60 Å². The van der Waals surface area contributed by atoms with Gasteiger partial charge in [-0.25, -0.2) is 0 Å². The zero-order valence-corrected chi connectivity index (χ0v) is 12.1. The second-order valence-corrected chi connectivity index (χ2v) is 6.13. The van der Waals surface area contributed by atoms with E-state index in [2.05, 4.69) is 30.3 Å². The summed E-state index contributed by atoms with van der Waals surface area (Å²) in [5.41, 5.74) is 4.32. The molecule has 0 saturated carbocycles. The van der Waals surface area contributed by atoms with E-state index in [1.807, 2.05) is 25.1 Å². The Morgan fingerprint density at radius 3 is 2.40 bits per heavy atom. The van der Waals surface area contributed by atoms with Crippen molar-refractivity contribution >= 4 is 0 Å². The van der Waals surface area contributed by atoms with E-state index in [-0.39, 0.29) is 0 Å². The minimum Gasteiger partial charge on any atom is -0.385 e. The Bertz CT molecular complexity index is 584. The fourth-order valence-corrected chi connectivity index (χ4v) is 3.16. The molecule has 0 aliphatic heterocycles. The van der Waals surface area contributed by atoms with Crippen LogP contribution in [0.4, 0.5) is 0 Å². The summed E-state index contributed by atoms with van der Waals surface area (Å²) in [6.07, 6.45) is 5.58. The minimum absolute atomic E-state index is 0.659. The number of rotatable bonds is 3. The first kappa shape index (κ1) is 13.4. The molecule has 0 amide bonds. The summed E-state index contributed by atoms with van der Waals surface area (Å²) in [6.45, 7) is 1.92. The van der Waals surface area contributed by atoms with Crippen LogP contribution in [-0.4, -0.2) is 5.11 Å². The third-order valence-corrected chi connectivity index (χ3v) is 4.36. The first-order chi connectivity index (χ1) is 9.65. The predicted octanol–water partition coefficient (Wildman–Crippen LogP) is 4.02. The first-order valence-electron chi connectivity index (χ1n) is 7.54. The fourth-order valence-electron chi connectivity index (χ4n) is 3.16. The smallest absolute Gasteiger partial charge is 0.0908 e. The third kappa shape index (κ3) is 2.78. The summed E-state index contributed by atoms with van der Waals surface area (Å²) in [4.78, 5) is 0. The maximum absolute atomic E-state index is 10.8. The number of hydrogen-bond donors (Lipinski definition) is 1. The highest BCUT2D eigenvalue weighted by atomic mass is 16.3. The van der Waals surface area contributed by atoms with Crippen molar-refractivity contribution in [2.45, 2.75) is 44.6 Å². The number of hydrogen-bond acceptors (Lipinski definition) is 1. The zero-order valence-electron chi connectivity index (χ0n) is 12.1. The van der Waals surface area contributed by atoms with E-state index in [0.29, 0.717) is 6.42 Å². The maximum Gasteiger partial charge on any atom is 0.0908 e. The van der Waals surface area contributed by atoms with Crippen LogP contribution in [0.2, 0.25) is 0 Å². The lowest BCUT2D eigenvalue weighted by Gasteiger charge is -2.26. The van der Waals surface area contributed by atoms with Crippen LogP contribution in [-0.2, 0) is 24.9 Å². The molecule has 0 radical (unpaired) electrons. The van der Waals surface area contributed by atoms with Crippen LogP contribution < -0.4 is 0 Å². The monoisotopic (exact) mass is 266 g/mol. The second-order valence-electron chi connectivity index (χ2n) is 6.13. The van der Waals surface area contributed by atoms with Crippen molar-refractivity contribution < 1.29 is 5.11 Å². The maximum atomic E-state index is 10.8. The van der Waals surface area contributed by atoms with E-state index in [4.69, 9.17) is 0 Å². The molecular weight excluding hydrogens is 244 g/mol. The molecule has 0 heterocycles. The van der Waals surface area contributed by atoms with Gasteiger partial charge in [0.2, 0.25) is 0 Å². The van der Waals surface area contributed by atoms with Gasteiger partial charge in [-0.15, -0.1) is 0 Å². The zero-order chi connectivity index (χ0) is 14.0. The fraction of sp³-hybridized carbons (Fsp3) is 0.368. The summed E-state index contributed by atoms with van der Waals surface area (Å²) >= 11 is 0. The van der Waals surface area contributed by atoms with Crippen molar-refractivity contribution in [1.82, 2.24) is 0 Å². The van der Waals surface area contributed by atoms with Crippen molar-refractivity contribution in [3.05, 3.63) is 70.8 Å². The lowest BCUT2D eigenvalue weighted by Crippen LogP contribution is -2.24. The average molecular weight is 266 g/mol. The van der Waals surface area contributed by atoms with Crippen LogP contribution in [0.25, 0.3) is 0 Å². The second kappa shape index (κ2) is 5.41. The molecular formula is C19H22O. The van der Waals surface area contributed by atoms with Gasteiger partial charge in [0.05, 0.1) is 5.60 Å². The molecule has 1 aliphatic carbocycles. The van der Waals surface area contributed by atoms with Crippen LogP contribution >= 0.6 is 0 Å². The standard InChI is InChI=1S/C19H22O/c1-19(20,14-15-7-3-2-4-8-15)18-12-11-16-9-5-6-10-17(16)13-18/h2-4,7-8,11-13,20H,5-6,9-10,14H2,1H3. The largest absolute Gasteiger partial charge is 0.385 e. The van der Waals surface area contributed by atoms with Crippen LogP contribution in [0.3, 0.4) is 0 Å². The molecule has 0 fully saturated rings. The molecule has 2 aromatic rings. The Hall–Kier alpha value is -1.60. The Labute approximate surface area is 121 Å². The molecule has 0 aromatic heterocycles. The van der Waals surface area contributed by atoms with E-state index in [1.54, 1.807) is 0 Å². The van der Waals surface area contributed by atoms with Crippen molar-refractivity contribution in [2.75, 3.05) is 0 Å². The minimum atomic E-state index is -0.798. The highest BCUT2D eigenvalue weighted by Gasteiger charge is 2.24. The van der Waals surface area contributed by atoms with Gasteiger partial charge in [0.25, 0.3) is 0 Å². The van der Waals surface area contributed by atoms with Gasteiger partial charge >= 0.3 is 0 Å². The summed E-state index contributed by atoms with van der Waals surface area (Å²) in [6, 6.07) is 16.8. The molecule has 1 unspecified atom stereocenters. The number of aliphatic hydroxyl groups is 1. The molecule has 1 heteroatoms. The number of aryl methyl sites for hydroxylation is 2. The van der Waals surface area contributed by atoms with Gasteiger partial charge < -0.3 is 5.11 Å². The molecule has 104 valence electrons. The normalized spacial score (nSPS) is 17.3. The highest BCUT2D eigenvalue weighted by Crippen LogP contribution is 2.30. The first-order valence-corrected chi connectivity index (χ1v) is 7.54. The Balaban J connectivity index is 1.87. The van der Waals surface area contributed by atoms with Crippen LogP contribution in [0.1, 0.15) is 42.0 Å². The van der Waals surface area contributed by atoms with Crippen LogP contribution in [0.5, 0.6) is 0 Å². The van der Waals surface area contributed by atoms with Gasteiger partial charge in [-0.1, -0.05) is 48.5 Å². The molecule has 1 atom stereocenters. The van der Waals surface area contributed by atoms with Crippen molar-refractivity contribution in [3.8, 4) is 0 Å². The van der Waals surface area contributed by atoms with Gasteiger partial charge in [0, 0.05) is 6.42 Å². The summed E-state index contributed by atoms with van der Waals surface area (Å²) in [5, 5.41) is 10.8. The van der Waals surface area contributed by atoms with Gasteiger partial charge in [0.1, 0.15) is 0 Å². The van der Waals surface area contributed by atoms with Gasteiger partial charge in [-0.2, -0.15) is 0 Å². The molecule has 2 aromatic carbocycles. The molecule has 3 rings (SSSR count). The number of benzene rings is 2. The van der Waals surface area contributed by atoms with E-state index in [0.717, 1.165) is 12.0 Å². The van der Waals surface area contributed by atoms with Crippen molar-refractivity contribution in [1.29, 1.82) is 0 Å². The van der Waals surface area contributed by atoms with E-state index >= 15 is 0 Å². The lowest BCUT2D eigenvalue weighted by atomic mass is 9.84. The van der Waals surface area contributed by atoms with Gasteiger partial charge in [0.15, 0.2) is 0 Å². The predicted molar refractivity (Wildman–Crippen MR) is 82.8 cm³/mol. The Morgan fingerprint density at radius 2 is 1.65 bits per heavy atom.